The van der Waals surface area contributed by atoms with Crippen molar-refractivity contribution in [3.05, 3.63) is 96.1 Å². The summed E-state index contributed by atoms with van der Waals surface area (Å²) in [5, 5.41) is 2.20. The molecular formula is C23H19NO5. The molecule has 29 heavy (non-hydrogen) atoms. The van der Waals surface area contributed by atoms with Crippen molar-refractivity contribution in [2.45, 2.75) is 6.42 Å². The van der Waals surface area contributed by atoms with Crippen LogP contribution in [-0.2, 0) is 20.7 Å². The number of para-hydroxylation sites is 1. The number of rotatable bonds is 7. The predicted octanol–water partition coefficient (Wildman–Crippen LogP) is 3.52. The van der Waals surface area contributed by atoms with E-state index in [0.29, 0.717) is 11.5 Å². The molecule has 2 amide bonds. The van der Waals surface area contributed by atoms with Gasteiger partial charge >= 0.3 is 5.97 Å². The van der Waals surface area contributed by atoms with Crippen molar-refractivity contribution in [1.29, 1.82) is 0 Å². The Kier molecular flexibility index (Phi) is 6.73. The molecule has 146 valence electrons. The summed E-state index contributed by atoms with van der Waals surface area (Å²) < 4.78 is 10.6. The average Bonchev–Trinajstić information content (AvgIpc) is 2.74. The first kappa shape index (κ1) is 19.8. The van der Waals surface area contributed by atoms with Gasteiger partial charge in [-0.2, -0.15) is 0 Å². The minimum Gasteiger partial charge on any atom is -0.457 e. The van der Waals surface area contributed by atoms with Crippen LogP contribution in [0.5, 0.6) is 11.5 Å². The smallest absolute Gasteiger partial charge is 0.338 e. The number of carbonyl (C=O) groups is 3. The van der Waals surface area contributed by atoms with Gasteiger partial charge in [0.05, 0.1) is 12.0 Å². The zero-order valence-corrected chi connectivity index (χ0v) is 15.5. The number of imide groups is 1. The highest BCUT2D eigenvalue weighted by molar-refractivity contribution is 5.98. The Hall–Kier alpha value is -3.93. The van der Waals surface area contributed by atoms with Crippen molar-refractivity contribution in [1.82, 2.24) is 5.32 Å². The van der Waals surface area contributed by atoms with Gasteiger partial charge in [-0.3, -0.25) is 14.9 Å². The Morgan fingerprint density at radius 3 is 1.93 bits per heavy atom. The molecule has 0 atom stereocenters. The number of benzene rings is 3. The van der Waals surface area contributed by atoms with Crippen molar-refractivity contribution in [2.75, 3.05) is 6.61 Å². The van der Waals surface area contributed by atoms with Crippen LogP contribution in [0.2, 0.25) is 0 Å². The number of ether oxygens (including phenoxy) is 2. The van der Waals surface area contributed by atoms with Crippen LogP contribution in [0.4, 0.5) is 0 Å². The zero-order valence-electron chi connectivity index (χ0n) is 15.5. The molecule has 0 bridgehead atoms. The molecule has 0 heterocycles. The molecule has 1 N–H and O–H groups in total. The molecule has 6 heteroatoms. The van der Waals surface area contributed by atoms with E-state index >= 15 is 0 Å². The summed E-state index contributed by atoms with van der Waals surface area (Å²) >= 11 is 0. The van der Waals surface area contributed by atoms with Crippen molar-refractivity contribution in [2.24, 2.45) is 0 Å². The van der Waals surface area contributed by atoms with Crippen molar-refractivity contribution in [3.63, 3.8) is 0 Å². The number of hydrogen-bond acceptors (Lipinski definition) is 5. The van der Waals surface area contributed by atoms with E-state index in [4.69, 9.17) is 9.47 Å². The minimum atomic E-state index is -0.677. The van der Waals surface area contributed by atoms with Gasteiger partial charge in [0, 0.05) is 0 Å². The fourth-order valence-corrected chi connectivity index (χ4v) is 2.52. The first-order valence-corrected chi connectivity index (χ1v) is 8.97. The minimum absolute atomic E-state index is 0.0728. The molecule has 0 unspecified atom stereocenters. The maximum Gasteiger partial charge on any atom is 0.338 e. The number of carbonyl (C=O) groups excluding carboxylic acids is 3. The van der Waals surface area contributed by atoms with Crippen LogP contribution in [-0.4, -0.2) is 24.4 Å². The van der Waals surface area contributed by atoms with Crippen LogP contribution >= 0.6 is 0 Å². The molecule has 3 aromatic rings. The Balaban J connectivity index is 1.45. The van der Waals surface area contributed by atoms with Gasteiger partial charge in [-0.1, -0.05) is 48.5 Å². The summed E-state index contributed by atoms with van der Waals surface area (Å²) in [5.41, 5.74) is 1.06. The molecule has 6 nitrogen and oxygen atoms in total. The summed E-state index contributed by atoms with van der Waals surface area (Å²) in [7, 11) is 0. The Morgan fingerprint density at radius 2 is 1.28 bits per heavy atom. The van der Waals surface area contributed by atoms with Gasteiger partial charge in [-0.15, -0.1) is 0 Å². The lowest BCUT2D eigenvalue weighted by Crippen LogP contribution is -2.35. The third-order valence-corrected chi connectivity index (χ3v) is 3.89. The first-order valence-electron chi connectivity index (χ1n) is 8.97. The summed E-state index contributed by atoms with van der Waals surface area (Å²) in [5.74, 6) is -0.554. The Morgan fingerprint density at radius 1 is 0.690 bits per heavy atom. The second kappa shape index (κ2) is 9.85. The predicted molar refractivity (Wildman–Crippen MR) is 107 cm³/mol. The van der Waals surface area contributed by atoms with Crippen LogP contribution < -0.4 is 10.1 Å². The van der Waals surface area contributed by atoms with Gasteiger partial charge in [0.25, 0.3) is 5.91 Å². The molecule has 0 aliphatic carbocycles. The largest absolute Gasteiger partial charge is 0.457 e. The van der Waals surface area contributed by atoms with Crippen molar-refractivity contribution < 1.29 is 23.9 Å². The van der Waals surface area contributed by atoms with Gasteiger partial charge in [0.15, 0.2) is 6.61 Å². The first-order chi connectivity index (χ1) is 14.1. The fourth-order valence-electron chi connectivity index (χ4n) is 2.52. The lowest BCUT2D eigenvalue weighted by molar-refractivity contribution is -0.132. The lowest BCUT2D eigenvalue weighted by Gasteiger charge is -2.08. The van der Waals surface area contributed by atoms with Gasteiger partial charge in [0.1, 0.15) is 11.5 Å². The molecule has 0 aromatic heterocycles. The summed E-state index contributed by atoms with van der Waals surface area (Å²) in [4.78, 5) is 35.7. The van der Waals surface area contributed by atoms with Crippen LogP contribution in [0.25, 0.3) is 0 Å². The maximum absolute atomic E-state index is 12.1. The van der Waals surface area contributed by atoms with Crippen LogP contribution in [0.15, 0.2) is 84.9 Å². The van der Waals surface area contributed by atoms with Crippen LogP contribution in [0, 0.1) is 0 Å². The van der Waals surface area contributed by atoms with Crippen LogP contribution in [0.1, 0.15) is 15.9 Å². The maximum atomic E-state index is 12.1. The quantitative estimate of drug-likeness (QED) is 0.625. The summed E-state index contributed by atoms with van der Waals surface area (Å²) in [6, 6.07) is 24.6. The second-order valence-electron chi connectivity index (χ2n) is 6.15. The van der Waals surface area contributed by atoms with Crippen LogP contribution in [0.3, 0.4) is 0 Å². The van der Waals surface area contributed by atoms with Gasteiger partial charge in [-0.05, 0) is 42.0 Å². The van der Waals surface area contributed by atoms with E-state index in [2.05, 4.69) is 5.32 Å². The van der Waals surface area contributed by atoms with Gasteiger partial charge in [0.2, 0.25) is 5.91 Å². The highest BCUT2D eigenvalue weighted by Gasteiger charge is 2.13. The van der Waals surface area contributed by atoms with E-state index in [1.54, 1.807) is 36.4 Å². The molecule has 0 fully saturated rings. The summed E-state index contributed by atoms with van der Waals surface area (Å²) in [6.07, 6.45) is 0.0728. The second-order valence-corrected chi connectivity index (χ2v) is 6.15. The number of nitrogens with one attached hydrogen (secondary N) is 1. The molecule has 0 saturated heterocycles. The number of esters is 1. The Labute approximate surface area is 168 Å². The number of hydrogen-bond donors (Lipinski definition) is 1. The highest BCUT2D eigenvalue weighted by atomic mass is 16.5. The fraction of sp³-hybridized carbons (Fsp3) is 0.0870. The van der Waals surface area contributed by atoms with E-state index in [1.165, 1.54) is 0 Å². The molecule has 3 rings (SSSR count). The van der Waals surface area contributed by atoms with Crippen molar-refractivity contribution in [3.8, 4) is 11.5 Å². The molecule has 3 aromatic carbocycles. The number of amides is 2. The summed E-state index contributed by atoms with van der Waals surface area (Å²) in [6.45, 7) is -0.540. The van der Waals surface area contributed by atoms with E-state index in [1.807, 2.05) is 48.5 Å². The highest BCUT2D eigenvalue weighted by Crippen LogP contribution is 2.21. The van der Waals surface area contributed by atoms with Crippen molar-refractivity contribution >= 4 is 17.8 Å². The molecule has 0 radical (unpaired) electrons. The van der Waals surface area contributed by atoms with E-state index < -0.39 is 24.4 Å². The van der Waals surface area contributed by atoms with Gasteiger partial charge in [-0.25, -0.2) is 4.79 Å². The molecule has 0 saturated carbocycles. The molecule has 0 aliphatic rings. The average molecular weight is 389 g/mol. The zero-order chi connectivity index (χ0) is 20.5. The van der Waals surface area contributed by atoms with E-state index in [0.717, 1.165) is 5.56 Å². The van der Waals surface area contributed by atoms with E-state index in [-0.39, 0.29) is 12.0 Å². The molecule has 0 spiro atoms. The van der Waals surface area contributed by atoms with E-state index in [9.17, 15) is 14.4 Å². The third-order valence-electron chi connectivity index (χ3n) is 3.89. The molecule has 0 aliphatic heterocycles. The monoisotopic (exact) mass is 389 g/mol. The molecular weight excluding hydrogens is 370 g/mol. The standard InChI is InChI=1S/C23H19NO5/c25-21(15-17-7-3-1-4-8-17)24-22(26)16-28-23(27)18-11-13-20(14-12-18)29-19-9-5-2-6-10-19/h1-14H,15-16H2,(H,24,25,26). The SMILES string of the molecule is O=C(COC(=O)c1ccc(Oc2ccccc2)cc1)NC(=O)Cc1ccccc1. The lowest BCUT2D eigenvalue weighted by atomic mass is 10.1. The normalized spacial score (nSPS) is 10.1. The third kappa shape index (κ3) is 6.32. The topological polar surface area (TPSA) is 81.7 Å². The van der Waals surface area contributed by atoms with Gasteiger partial charge < -0.3 is 9.47 Å². The Bertz CT molecular complexity index is 969.